The van der Waals surface area contributed by atoms with Crippen molar-refractivity contribution in [3.63, 3.8) is 0 Å². The first-order valence-corrected chi connectivity index (χ1v) is 32.7. The van der Waals surface area contributed by atoms with Gasteiger partial charge in [0.05, 0.1) is 15.1 Å². The maximum atomic E-state index is 10.5. The van der Waals surface area contributed by atoms with Crippen LogP contribution in [-0.2, 0) is 59.0 Å². The van der Waals surface area contributed by atoms with Gasteiger partial charge >= 0.3 is 0 Å². The predicted octanol–water partition coefficient (Wildman–Crippen LogP) is 24.5. The van der Waals surface area contributed by atoms with Crippen LogP contribution in [0.3, 0.4) is 0 Å². The second-order valence-corrected chi connectivity index (χ2v) is 32.1. The Kier molecular flexibility index (Phi) is 13.5. The number of fused-ring (bicyclic) bond motifs is 5. The molecule has 0 fully saturated rings. The first-order chi connectivity index (χ1) is 48.3. The Labute approximate surface area is 591 Å². The number of benzene rings is 9. The molecule has 0 spiro atoms. The van der Waals surface area contributed by atoms with Gasteiger partial charge in [-0.3, -0.25) is 0 Å². The molecule has 0 unspecified atom stereocenters. The van der Waals surface area contributed by atoms with E-state index in [9.17, 15) is 9.60 Å². The van der Waals surface area contributed by atoms with Crippen molar-refractivity contribution in [1.82, 2.24) is 9.55 Å². The molecule has 13 rings (SSSR count). The Morgan fingerprint density at radius 3 is 1.69 bits per heavy atom. The van der Waals surface area contributed by atoms with Crippen LogP contribution in [0.25, 0.3) is 72.1 Å². The second-order valence-electron chi connectivity index (χ2n) is 32.1. The van der Waals surface area contributed by atoms with Gasteiger partial charge in [0.25, 0.3) is 0 Å². The van der Waals surface area contributed by atoms with E-state index in [0.717, 1.165) is 63.3 Å². The number of hydrogen-bond acceptors (Lipinski definition) is 4. The van der Waals surface area contributed by atoms with Crippen LogP contribution in [0.1, 0.15) is 198 Å². The summed E-state index contributed by atoms with van der Waals surface area (Å²) in [5, 5.41) is 0.713. The van der Waals surface area contributed by atoms with Crippen molar-refractivity contribution in [3.05, 3.63) is 246 Å². The van der Waals surface area contributed by atoms with Crippen LogP contribution < -0.4 is 14.5 Å². The van der Waals surface area contributed by atoms with Crippen molar-refractivity contribution >= 4 is 44.6 Å². The van der Waals surface area contributed by atoms with Gasteiger partial charge in [0.1, 0.15) is 5.82 Å². The second kappa shape index (κ2) is 23.7. The Morgan fingerprint density at radius 2 is 1.05 bits per heavy atom. The van der Waals surface area contributed by atoms with E-state index in [1.165, 1.54) is 22.9 Å². The molecule has 0 radical (unpaired) electrons. The van der Waals surface area contributed by atoms with Crippen molar-refractivity contribution in [2.45, 2.75) is 182 Å². The minimum atomic E-state index is -0.676. The molecule has 5 nitrogen and oxygen atoms in total. The monoisotopic (exact) mass is 1430 g/mol. The van der Waals surface area contributed by atoms with Crippen molar-refractivity contribution in [1.29, 1.82) is 0 Å². The van der Waals surface area contributed by atoms with Crippen molar-refractivity contribution in [2.24, 2.45) is 0 Å². The fraction of sp³-hybridized carbons (Fsp3) is 0.318. The normalized spacial score (nSPS) is 16.5. The Bertz CT molecular complexity index is 5360. The van der Waals surface area contributed by atoms with E-state index >= 15 is 0 Å². The first kappa shape index (κ1) is 53.3. The SMILES string of the molecule is [2H]c1c([2H])c(C(C)(C)C)c([2H])c([2H])c1-c1cnc(-n2c3[c-]c(Oc4[c-]c(N5[CH-]N(c6c(-c7ccc(-c8cc(C(C)(C)C)ccc8C(C)(C)C)cc7)cc(C(C)(C)C)cc6-c6c([2H])c([2H])c7c(c6[2H])C(C)(C)CCC7(C)C)c6ccccc65)ccc4)ccc3c3c([2H])c([2H])c([2H])c([2H])c32)cc1C(C)(C)C.[Pt]. The van der Waals surface area contributed by atoms with Gasteiger partial charge in [-0.2, -0.15) is 12.1 Å². The number of aromatic nitrogens is 2. The van der Waals surface area contributed by atoms with Crippen LogP contribution in [0.2, 0.25) is 0 Å². The number of ether oxygens (including phenoxy) is 1. The number of para-hydroxylation sites is 3. The summed E-state index contributed by atoms with van der Waals surface area (Å²) in [6.45, 7) is 42.3. The molecule has 0 atom stereocenters. The van der Waals surface area contributed by atoms with E-state index in [2.05, 4.69) is 179 Å². The summed E-state index contributed by atoms with van der Waals surface area (Å²) in [6.07, 6.45) is 3.19. The van der Waals surface area contributed by atoms with Gasteiger partial charge in [-0.1, -0.05) is 252 Å². The number of hydrogen-bond donors (Lipinski definition) is 0. The van der Waals surface area contributed by atoms with Crippen LogP contribution in [0.5, 0.6) is 11.5 Å². The van der Waals surface area contributed by atoms with Gasteiger partial charge in [0, 0.05) is 78.0 Å². The van der Waals surface area contributed by atoms with Crippen LogP contribution in [0.4, 0.5) is 22.7 Å². The van der Waals surface area contributed by atoms with Crippen LogP contribution >= 0.6 is 0 Å². The van der Waals surface area contributed by atoms with E-state index in [1.807, 2.05) is 72.5 Å². The van der Waals surface area contributed by atoms with Crippen molar-refractivity contribution in [3.8, 4) is 61.8 Å². The predicted molar refractivity (Wildman–Crippen MR) is 395 cm³/mol. The minimum Gasteiger partial charge on any atom is -0.509 e. The quantitative estimate of drug-likeness (QED) is 0.135. The molecule has 2 aromatic heterocycles. The van der Waals surface area contributed by atoms with Gasteiger partial charge in [-0.25, -0.2) is 4.98 Å². The molecule has 3 heterocycles. The molecule has 0 N–H and O–H groups in total. The van der Waals surface area contributed by atoms with Crippen LogP contribution in [0.15, 0.2) is 188 Å². The summed E-state index contributed by atoms with van der Waals surface area (Å²) in [4.78, 5) is 9.20. The van der Waals surface area contributed by atoms with Crippen molar-refractivity contribution in [2.75, 3.05) is 9.80 Å². The molecule has 0 saturated heterocycles. The molecule has 9 aromatic carbocycles. The number of pyridine rings is 1. The molecule has 484 valence electrons. The first-order valence-electron chi connectivity index (χ1n) is 38.2. The molecular formula is C88H93N4OPt-3. The summed E-state index contributed by atoms with van der Waals surface area (Å²) >= 11 is 0. The average Bonchev–Trinajstić information content (AvgIpc) is 1.71. The van der Waals surface area contributed by atoms with E-state index in [-0.39, 0.29) is 114 Å². The van der Waals surface area contributed by atoms with Gasteiger partial charge in [-0.05, 0) is 159 Å². The van der Waals surface area contributed by atoms with Gasteiger partial charge in [0.2, 0.25) is 0 Å². The maximum Gasteiger partial charge on any atom is 0.135 e. The molecule has 0 bridgehead atoms. The Morgan fingerprint density at radius 1 is 0.479 bits per heavy atom. The molecule has 11 aromatic rings. The van der Waals surface area contributed by atoms with Crippen LogP contribution in [-0.4, -0.2) is 9.55 Å². The summed E-state index contributed by atoms with van der Waals surface area (Å²) in [6, 6.07) is 44.7. The number of nitrogens with zero attached hydrogens (tertiary/aromatic N) is 4. The van der Waals surface area contributed by atoms with Crippen LogP contribution in [0, 0.1) is 18.8 Å². The summed E-state index contributed by atoms with van der Waals surface area (Å²) in [7, 11) is 0. The fourth-order valence-corrected chi connectivity index (χ4v) is 13.3. The van der Waals surface area contributed by atoms with E-state index < -0.39 is 39.2 Å². The topological polar surface area (TPSA) is 33.5 Å². The standard InChI is InChI=1S/C88H93N4O.Pt/c1-82(2,3)60-38-35-58(36-39-60)71-54-89-80(53-74(71)86(13,14)15)92-76-28-21-20-27-66(76)67-42-41-65(52-79(67)92)93-64-26-24-25-63(51-64)90-55-91(78-30-23-22-29-77(78)90)81-69(57-33-31-56(32-34-57)68-48-61(83(4,5)6)40-44-72(68)85(10,11)12)49-62(84(7,8)9)50-70(81)59-37-43-73-75(47-59)88(18,19)46-45-87(73,16)17;/h20-44,47-50,53-55H,45-46H2,1-19H3;/q-3;/i20D,21D,27D,28D,35D,36D,37D,38D,39D,43D,47D;. The summed E-state index contributed by atoms with van der Waals surface area (Å²) in [5.41, 5.74) is 12.4. The van der Waals surface area contributed by atoms with Gasteiger partial charge < -0.3 is 19.1 Å². The van der Waals surface area contributed by atoms with E-state index in [0.29, 0.717) is 50.2 Å². The number of anilines is 4. The molecular weight excluding hydrogens is 1320 g/mol. The molecule has 0 saturated carbocycles. The third kappa shape index (κ3) is 12.3. The zero-order valence-corrected chi connectivity index (χ0v) is 60.3. The maximum absolute atomic E-state index is 10.5. The Balaban J connectivity index is 0.0000104. The summed E-state index contributed by atoms with van der Waals surface area (Å²) in [5.74, 6) is 0.833. The molecule has 6 heteroatoms. The minimum absolute atomic E-state index is 0. The van der Waals surface area contributed by atoms with E-state index in [1.54, 1.807) is 28.8 Å². The van der Waals surface area contributed by atoms with Gasteiger partial charge in [0.15, 0.2) is 0 Å². The van der Waals surface area contributed by atoms with Crippen molar-refractivity contribution < 1.29 is 40.9 Å². The third-order valence-electron chi connectivity index (χ3n) is 18.9. The Hall–Kier alpha value is -7.98. The fourth-order valence-electron chi connectivity index (χ4n) is 13.3. The molecule has 1 aliphatic carbocycles. The zero-order valence-electron chi connectivity index (χ0n) is 69.1. The summed E-state index contributed by atoms with van der Waals surface area (Å²) < 4.78 is 113. The molecule has 1 aliphatic heterocycles. The molecule has 2 aliphatic rings. The zero-order chi connectivity index (χ0) is 75.7. The molecule has 94 heavy (non-hydrogen) atoms. The number of rotatable bonds is 9. The third-order valence-corrected chi connectivity index (χ3v) is 18.9. The van der Waals surface area contributed by atoms with E-state index in [4.69, 9.17) is 15.2 Å². The largest absolute Gasteiger partial charge is 0.509 e. The smallest absolute Gasteiger partial charge is 0.135 e. The van der Waals surface area contributed by atoms with Gasteiger partial charge in [-0.15, -0.1) is 48.1 Å². The molecule has 0 amide bonds. The average molecular weight is 1430 g/mol.